The summed E-state index contributed by atoms with van der Waals surface area (Å²) in [7, 11) is 0. The minimum Gasteiger partial charge on any atom is -0.490 e. The molecule has 3 rings (SSSR count). The summed E-state index contributed by atoms with van der Waals surface area (Å²) in [5.74, 6) is -1.44. The van der Waals surface area contributed by atoms with Crippen LogP contribution in [0.25, 0.3) is 6.08 Å². The number of carbonyl (C=O) groups is 4. The first-order valence-electron chi connectivity index (χ1n) is 9.48. The monoisotopic (exact) mass is 486 g/mol. The number of ether oxygens (including phenoxy) is 2. The van der Waals surface area contributed by atoms with Gasteiger partial charge < -0.3 is 9.47 Å². The molecule has 0 aromatic heterocycles. The molecule has 1 aliphatic rings. The molecule has 0 spiro atoms. The van der Waals surface area contributed by atoms with Crippen molar-refractivity contribution in [3.8, 4) is 11.5 Å². The van der Waals surface area contributed by atoms with Crippen LogP contribution >= 0.6 is 15.9 Å². The fraction of sp³-hybridized carbons (Fsp3) is 0.182. The van der Waals surface area contributed by atoms with Gasteiger partial charge in [0.15, 0.2) is 11.5 Å². The van der Waals surface area contributed by atoms with Gasteiger partial charge in [-0.05, 0) is 55.0 Å². The summed E-state index contributed by atoms with van der Waals surface area (Å²) >= 11 is 3.30. The Balaban J connectivity index is 1.97. The topological polar surface area (TPSA) is 102 Å². The van der Waals surface area contributed by atoms with Gasteiger partial charge in [-0.25, -0.2) is 9.69 Å². The maximum atomic E-state index is 13.0. The molecular weight excluding hydrogens is 468 g/mol. The van der Waals surface area contributed by atoms with Gasteiger partial charge in [0.25, 0.3) is 11.8 Å². The van der Waals surface area contributed by atoms with Gasteiger partial charge >= 0.3 is 12.0 Å². The summed E-state index contributed by atoms with van der Waals surface area (Å²) in [6, 6.07) is 10.4. The minimum atomic E-state index is -0.827. The molecule has 0 aliphatic carbocycles. The van der Waals surface area contributed by atoms with E-state index in [-0.39, 0.29) is 17.7 Å². The molecule has 1 heterocycles. The van der Waals surface area contributed by atoms with Crippen LogP contribution in [0.2, 0.25) is 0 Å². The summed E-state index contributed by atoms with van der Waals surface area (Å²) in [5, 5.41) is 2.17. The van der Waals surface area contributed by atoms with Gasteiger partial charge in [0.1, 0.15) is 5.57 Å². The van der Waals surface area contributed by atoms with Gasteiger partial charge in [-0.3, -0.25) is 19.7 Å². The number of nitrogens with one attached hydrogen (secondary N) is 1. The molecule has 0 unspecified atom stereocenters. The van der Waals surface area contributed by atoms with Crippen LogP contribution in [0, 0.1) is 0 Å². The van der Waals surface area contributed by atoms with Crippen molar-refractivity contribution in [1.82, 2.24) is 5.32 Å². The predicted octanol–water partition coefficient (Wildman–Crippen LogP) is 3.83. The van der Waals surface area contributed by atoms with E-state index < -0.39 is 23.8 Å². The van der Waals surface area contributed by atoms with Crippen molar-refractivity contribution in [2.45, 2.75) is 20.3 Å². The van der Waals surface area contributed by atoms with E-state index in [4.69, 9.17) is 9.47 Å². The minimum absolute atomic E-state index is 0.200. The first kappa shape index (κ1) is 22.2. The van der Waals surface area contributed by atoms with Crippen molar-refractivity contribution in [2.24, 2.45) is 0 Å². The van der Waals surface area contributed by atoms with Crippen molar-refractivity contribution in [3.05, 3.63) is 58.1 Å². The van der Waals surface area contributed by atoms with Gasteiger partial charge in [0.05, 0.1) is 12.3 Å². The Kier molecular flexibility index (Phi) is 6.86. The Labute approximate surface area is 186 Å². The van der Waals surface area contributed by atoms with E-state index in [0.717, 1.165) is 9.37 Å². The number of hydrogen-bond donors (Lipinski definition) is 1. The highest BCUT2D eigenvalue weighted by Crippen LogP contribution is 2.30. The van der Waals surface area contributed by atoms with Crippen LogP contribution in [0.3, 0.4) is 0 Å². The number of carbonyl (C=O) groups excluding carboxylic acids is 4. The third-order valence-electron chi connectivity index (χ3n) is 4.28. The van der Waals surface area contributed by atoms with Crippen molar-refractivity contribution < 1.29 is 28.7 Å². The largest absolute Gasteiger partial charge is 0.490 e. The highest BCUT2D eigenvalue weighted by molar-refractivity contribution is 9.10. The van der Waals surface area contributed by atoms with E-state index in [9.17, 15) is 19.2 Å². The lowest BCUT2D eigenvalue weighted by molar-refractivity contribution is -0.134. The zero-order valence-electron chi connectivity index (χ0n) is 16.8. The average molecular weight is 487 g/mol. The van der Waals surface area contributed by atoms with E-state index in [0.29, 0.717) is 23.6 Å². The van der Waals surface area contributed by atoms with E-state index >= 15 is 0 Å². The Morgan fingerprint density at radius 2 is 1.77 bits per heavy atom. The number of anilines is 1. The van der Waals surface area contributed by atoms with Gasteiger partial charge in [-0.1, -0.05) is 28.9 Å². The maximum absolute atomic E-state index is 13.0. The molecule has 0 bridgehead atoms. The van der Waals surface area contributed by atoms with Crippen LogP contribution in [-0.4, -0.2) is 30.4 Å². The summed E-state index contributed by atoms with van der Waals surface area (Å²) in [4.78, 5) is 50.1. The maximum Gasteiger partial charge on any atom is 0.335 e. The smallest absolute Gasteiger partial charge is 0.335 e. The third-order valence-corrected chi connectivity index (χ3v) is 4.81. The Morgan fingerprint density at radius 1 is 1.06 bits per heavy atom. The lowest BCUT2D eigenvalue weighted by Crippen LogP contribution is -2.54. The third kappa shape index (κ3) is 5.00. The van der Waals surface area contributed by atoms with Gasteiger partial charge in [0, 0.05) is 10.9 Å². The molecule has 0 saturated carbocycles. The van der Waals surface area contributed by atoms with Crippen LogP contribution in [-0.2, 0) is 14.4 Å². The summed E-state index contributed by atoms with van der Waals surface area (Å²) < 4.78 is 11.5. The fourth-order valence-corrected chi connectivity index (χ4v) is 3.07. The lowest BCUT2D eigenvalue weighted by Gasteiger charge is -2.26. The molecule has 2 aromatic rings. The Hall–Kier alpha value is -3.46. The highest BCUT2D eigenvalue weighted by atomic mass is 79.9. The first-order valence-corrected chi connectivity index (χ1v) is 10.3. The molecule has 160 valence electrons. The molecule has 8 nitrogen and oxygen atoms in total. The number of amides is 4. The van der Waals surface area contributed by atoms with Crippen LogP contribution in [0.1, 0.15) is 25.8 Å². The number of halogens is 1. The summed E-state index contributed by atoms with van der Waals surface area (Å²) in [6.07, 6.45) is 1.55. The zero-order chi connectivity index (χ0) is 22.5. The predicted molar refractivity (Wildman–Crippen MR) is 117 cm³/mol. The standard InChI is InChI=1S/C22H19BrN2O6/c1-3-19(26)31-17-10-5-13(12-18(17)30-4-2)11-16-20(27)24-22(29)25(21(16)28)15-8-6-14(23)7-9-15/h5-12H,3-4H2,1-2H3,(H,24,27,29)/b16-11-. The molecule has 31 heavy (non-hydrogen) atoms. The fourth-order valence-electron chi connectivity index (χ4n) is 2.81. The van der Waals surface area contributed by atoms with Crippen molar-refractivity contribution >= 4 is 51.5 Å². The molecule has 1 fully saturated rings. The molecule has 4 amide bonds. The second kappa shape index (κ2) is 9.57. The normalized spacial score (nSPS) is 15.1. The van der Waals surface area contributed by atoms with E-state index in [2.05, 4.69) is 21.2 Å². The summed E-state index contributed by atoms with van der Waals surface area (Å²) in [6.45, 7) is 3.77. The molecule has 1 N–H and O–H groups in total. The molecule has 1 saturated heterocycles. The molecule has 2 aromatic carbocycles. The molecule has 1 aliphatic heterocycles. The van der Waals surface area contributed by atoms with Gasteiger partial charge in [0.2, 0.25) is 0 Å². The SMILES string of the molecule is CCOc1cc(/C=C2/C(=O)NC(=O)N(c3ccc(Br)cc3)C2=O)ccc1OC(=O)CC. The number of esters is 1. The van der Waals surface area contributed by atoms with Crippen LogP contribution in [0.5, 0.6) is 11.5 Å². The van der Waals surface area contributed by atoms with E-state index in [1.165, 1.54) is 12.1 Å². The average Bonchev–Trinajstić information content (AvgIpc) is 2.74. The van der Waals surface area contributed by atoms with Crippen molar-refractivity contribution in [3.63, 3.8) is 0 Å². The van der Waals surface area contributed by atoms with Gasteiger partial charge in [-0.15, -0.1) is 0 Å². The van der Waals surface area contributed by atoms with Gasteiger partial charge in [-0.2, -0.15) is 0 Å². The van der Waals surface area contributed by atoms with Crippen LogP contribution in [0.4, 0.5) is 10.5 Å². The number of nitrogens with zero attached hydrogens (tertiary/aromatic N) is 1. The number of rotatable bonds is 6. The molecule has 9 heteroatoms. The van der Waals surface area contributed by atoms with E-state index in [1.54, 1.807) is 50.2 Å². The Bertz CT molecular complexity index is 1080. The number of hydrogen-bond acceptors (Lipinski definition) is 6. The van der Waals surface area contributed by atoms with Crippen LogP contribution < -0.4 is 19.7 Å². The van der Waals surface area contributed by atoms with E-state index in [1.807, 2.05) is 0 Å². The number of barbiturate groups is 1. The van der Waals surface area contributed by atoms with Crippen LogP contribution in [0.15, 0.2) is 52.5 Å². The number of urea groups is 1. The van der Waals surface area contributed by atoms with Crippen molar-refractivity contribution in [1.29, 1.82) is 0 Å². The summed E-state index contributed by atoms with van der Waals surface area (Å²) in [5.41, 5.74) is 0.563. The lowest BCUT2D eigenvalue weighted by atomic mass is 10.1. The zero-order valence-corrected chi connectivity index (χ0v) is 18.4. The second-order valence-corrected chi connectivity index (χ2v) is 7.32. The number of imide groups is 2. The Morgan fingerprint density at radius 3 is 2.42 bits per heavy atom. The second-order valence-electron chi connectivity index (χ2n) is 6.40. The highest BCUT2D eigenvalue weighted by Gasteiger charge is 2.36. The molecule has 0 atom stereocenters. The first-order chi connectivity index (χ1) is 14.8. The molecule has 0 radical (unpaired) electrons. The van der Waals surface area contributed by atoms with Crippen molar-refractivity contribution in [2.75, 3.05) is 11.5 Å². The number of benzene rings is 2. The quantitative estimate of drug-likeness (QED) is 0.288. The molecular formula is C22H19BrN2O6.